The standard InChI is InChI=1S/C12H17N3O2/c1-13-12(17)10-3-2-6-15(10)11-5-4-9(8-16)7-14-11/h4-5,7,10,16H,2-3,6,8H2,1H3,(H,13,17). The van der Waals surface area contributed by atoms with Gasteiger partial charge in [-0.05, 0) is 24.5 Å². The van der Waals surface area contributed by atoms with Gasteiger partial charge in [0.25, 0.3) is 0 Å². The molecule has 1 aliphatic rings. The fourth-order valence-electron chi connectivity index (χ4n) is 2.16. The van der Waals surface area contributed by atoms with Gasteiger partial charge in [-0.1, -0.05) is 6.07 Å². The Labute approximate surface area is 100 Å². The molecule has 0 spiro atoms. The van der Waals surface area contributed by atoms with E-state index < -0.39 is 0 Å². The van der Waals surface area contributed by atoms with E-state index >= 15 is 0 Å². The molecule has 2 N–H and O–H groups in total. The molecule has 0 radical (unpaired) electrons. The number of aliphatic hydroxyl groups excluding tert-OH is 1. The second-order valence-corrected chi connectivity index (χ2v) is 4.15. The number of amides is 1. The number of nitrogens with zero attached hydrogens (tertiary/aromatic N) is 2. The molecule has 2 heterocycles. The summed E-state index contributed by atoms with van der Waals surface area (Å²) < 4.78 is 0. The molecule has 0 aromatic carbocycles. The van der Waals surface area contributed by atoms with Gasteiger partial charge in [0.15, 0.2) is 0 Å². The van der Waals surface area contributed by atoms with Crippen LogP contribution < -0.4 is 10.2 Å². The number of rotatable bonds is 3. The number of likely N-dealkylation sites (N-methyl/N-ethyl adjacent to an activating group) is 1. The van der Waals surface area contributed by atoms with Crippen molar-refractivity contribution in [3.8, 4) is 0 Å². The lowest BCUT2D eigenvalue weighted by Crippen LogP contribution is -2.42. The van der Waals surface area contributed by atoms with Crippen molar-refractivity contribution in [2.45, 2.75) is 25.5 Å². The molecule has 5 heteroatoms. The minimum atomic E-state index is -0.118. The van der Waals surface area contributed by atoms with E-state index in [4.69, 9.17) is 5.11 Å². The van der Waals surface area contributed by atoms with Gasteiger partial charge in [-0.2, -0.15) is 0 Å². The van der Waals surface area contributed by atoms with Gasteiger partial charge in [-0.25, -0.2) is 4.98 Å². The number of carbonyl (C=O) groups is 1. The first-order valence-corrected chi connectivity index (χ1v) is 5.80. The molecule has 1 saturated heterocycles. The number of carbonyl (C=O) groups excluding carboxylic acids is 1. The monoisotopic (exact) mass is 235 g/mol. The third-order valence-electron chi connectivity index (χ3n) is 3.09. The summed E-state index contributed by atoms with van der Waals surface area (Å²) in [7, 11) is 1.65. The van der Waals surface area contributed by atoms with E-state index in [9.17, 15) is 4.79 Å². The molecule has 1 aromatic heterocycles. The van der Waals surface area contributed by atoms with Crippen molar-refractivity contribution in [3.05, 3.63) is 23.9 Å². The summed E-state index contributed by atoms with van der Waals surface area (Å²) in [4.78, 5) is 18.0. The van der Waals surface area contributed by atoms with Crippen LogP contribution in [0.3, 0.4) is 0 Å². The van der Waals surface area contributed by atoms with Crippen molar-refractivity contribution in [1.82, 2.24) is 10.3 Å². The van der Waals surface area contributed by atoms with E-state index in [0.29, 0.717) is 0 Å². The molecule has 1 fully saturated rings. The minimum Gasteiger partial charge on any atom is -0.392 e. The van der Waals surface area contributed by atoms with Crippen molar-refractivity contribution < 1.29 is 9.90 Å². The predicted molar refractivity (Wildman–Crippen MR) is 64.6 cm³/mol. The predicted octanol–water partition coefficient (Wildman–Crippen LogP) is 0.289. The number of aliphatic hydroxyl groups is 1. The van der Waals surface area contributed by atoms with Crippen LogP contribution in [-0.2, 0) is 11.4 Å². The number of nitrogens with one attached hydrogen (secondary N) is 1. The zero-order chi connectivity index (χ0) is 12.3. The van der Waals surface area contributed by atoms with E-state index in [2.05, 4.69) is 10.3 Å². The van der Waals surface area contributed by atoms with E-state index in [0.717, 1.165) is 30.8 Å². The fourth-order valence-corrected chi connectivity index (χ4v) is 2.16. The molecule has 1 unspecified atom stereocenters. The van der Waals surface area contributed by atoms with Crippen LogP contribution in [0.25, 0.3) is 0 Å². The van der Waals surface area contributed by atoms with Gasteiger partial charge >= 0.3 is 0 Å². The summed E-state index contributed by atoms with van der Waals surface area (Å²) in [6, 6.07) is 3.57. The van der Waals surface area contributed by atoms with Crippen LogP contribution >= 0.6 is 0 Å². The molecule has 5 nitrogen and oxygen atoms in total. The SMILES string of the molecule is CNC(=O)C1CCCN1c1ccc(CO)cn1. The fraction of sp³-hybridized carbons (Fsp3) is 0.500. The Morgan fingerprint density at radius 1 is 1.65 bits per heavy atom. The molecule has 17 heavy (non-hydrogen) atoms. The first-order chi connectivity index (χ1) is 8.26. The third kappa shape index (κ3) is 2.39. The maximum absolute atomic E-state index is 11.7. The maximum atomic E-state index is 11.7. The van der Waals surface area contributed by atoms with Gasteiger partial charge < -0.3 is 15.3 Å². The Bertz CT molecular complexity index is 391. The zero-order valence-electron chi connectivity index (χ0n) is 9.89. The number of pyridine rings is 1. The highest BCUT2D eigenvalue weighted by Gasteiger charge is 2.30. The molecule has 92 valence electrons. The molecule has 0 saturated carbocycles. The van der Waals surface area contributed by atoms with Gasteiger partial charge in [0.1, 0.15) is 11.9 Å². The van der Waals surface area contributed by atoms with Crippen molar-refractivity contribution in [2.75, 3.05) is 18.5 Å². The number of hydrogen-bond donors (Lipinski definition) is 2. The van der Waals surface area contributed by atoms with Gasteiger partial charge in [-0.15, -0.1) is 0 Å². The lowest BCUT2D eigenvalue weighted by Gasteiger charge is -2.24. The Morgan fingerprint density at radius 2 is 2.47 bits per heavy atom. The van der Waals surface area contributed by atoms with Gasteiger partial charge in [0, 0.05) is 19.8 Å². The van der Waals surface area contributed by atoms with Gasteiger partial charge in [0.05, 0.1) is 6.61 Å². The van der Waals surface area contributed by atoms with Crippen molar-refractivity contribution in [3.63, 3.8) is 0 Å². The summed E-state index contributed by atoms with van der Waals surface area (Å²) in [6.45, 7) is 0.843. The second-order valence-electron chi connectivity index (χ2n) is 4.15. The lowest BCUT2D eigenvalue weighted by molar-refractivity contribution is -0.121. The molecule has 1 aromatic rings. The van der Waals surface area contributed by atoms with E-state index in [1.165, 1.54) is 0 Å². The number of aromatic nitrogens is 1. The molecular weight excluding hydrogens is 218 g/mol. The van der Waals surface area contributed by atoms with Crippen LogP contribution in [0.15, 0.2) is 18.3 Å². The molecule has 0 aliphatic carbocycles. The zero-order valence-corrected chi connectivity index (χ0v) is 9.89. The summed E-state index contributed by atoms with van der Waals surface area (Å²) >= 11 is 0. The Kier molecular flexibility index (Phi) is 3.58. The Balaban J connectivity index is 2.17. The van der Waals surface area contributed by atoms with Crippen molar-refractivity contribution in [2.24, 2.45) is 0 Å². The highest BCUT2D eigenvalue weighted by atomic mass is 16.3. The van der Waals surface area contributed by atoms with Crippen LogP contribution in [0, 0.1) is 0 Å². The third-order valence-corrected chi connectivity index (χ3v) is 3.09. The molecule has 0 bridgehead atoms. The van der Waals surface area contributed by atoms with E-state index in [1.54, 1.807) is 13.2 Å². The molecular formula is C12H17N3O2. The molecule has 2 rings (SSSR count). The first-order valence-electron chi connectivity index (χ1n) is 5.80. The van der Waals surface area contributed by atoms with E-state index in [-0.39, 0.29) is 18.6 Å². The number of hydrogen-bond acceptors (Lipinski definition) is 4. The van der Waals surface area contributed by atoms with Crippen molar-refractivity contribution in [1.29, 1.82) is 0 Å². The molecule has 1 amide bonds. The minimum absolute atomic E-state index is 0.00778. The van der Waals surface area contributed by atoms with Gasteiger partial charge in [-0.3, -0.25) is 4.79 Å². The Hall–Kier alpha value is -1.62. The van der Waals surface area contributed by atoms with Crippen LogP contribution in [0.2, 0.25) is 0 Å². The normalized spacial score (nSPS) is 19.4. The highest BCUT2D eigenvalue weighted by molar-refractivity contribution is 5.85. The summed E-state index contributed by atoms with van der Waals surface area (Å²) in [5.41, 5.74) is 0.782. The largest absolute Gasteiger partial charge is 0.392 e. The van der Waals surface area contributed by atoms with Crippen LogP contribution in [0.1, 0.15) is 18.4 Å². The van der Waals surface area contributed by atoms with E-state index in [1.807, 2.05) is 17.0 Å². The molecule has 1 aliphatic heterocycles. The smallest absolute Gasteiger partial charge is 0.242 e. The molecule has 1 atom stereocenters. The lowest BCUT2D eigenvalue weighted by atomic mass is 10.2. The average Bonchev–Trinajstić information content (AvgIpc) is 2.87. The topological polar surface area (TPSA) is 65.5 Å². The van der Waals surface area contributed by atoms with Crippen LogP contribution in [0.5, 0.6) is 0 Å². The summed E-state index contributed by atoms with van der Waals surface area (Å²) in [5, 5.41) is 11.6. The highest BCUT2D eigenvalue weighted by Crippen LogP contribution is 2.23. The number of anilines is 1. The summed E-state index contributed by atoms with van der Waals surface area (Å²) in [6.07, 6.45) is 3.51. The van der Waals surface area contributed by atoms with Crippen molar-refractivity contribution >= 4 is 11.7 Å². The maximum Gasteiger partial charge on any atom is 0.242 e. The average molecular weight is 235 g/mol. The van der Waals surface area contributed by atoms with Crippen LogP contribution in [-0.4, -0.2) is 35.6 Å². The quantitative estimate of drug-likeness (QED) is 0.790. The Morgan fingerprint density at radius 3 is 3.06 bits per heavy atom. The second kappa shape index (κ2) is 5.14. The first kappa shape index (κ1) is 11.9. The van der Waals surface area contributed by atoms with Crippen LogP contribution in [0.4, 0.5) is 5.82 Å². The van der Waals surface area contributed by atoms with Gasteiger partial charge in [0.2, 0.25) is 5.91 Å². The summed E-state index contributed by atoms with van der Waals surface area (Å²) in [5.74, 6) is 0.837.